The Kier molecular flexibility index (Phi) is 2.74. The maximum atomic E-state index is 9.23. The molecule has 0 aliphatic rings. The standard InChI is InChI=1S/C17H12N2/c1-12-6-7-16-15(8-9-19-17(16)10-12)14-5-3-2-4-13(14)11-18/h2-10H,1H3. The van der Waals surface area contributed by atoms with Gasteiger partial charge in [0.2, 0.25) is 0 Å². The zero-order valence-corrected chi connectivity index (χ0v) is 10.6. The van der Waals surface area contributed by atoms with Crippen LogP contribution in [0.15, 0.2) is 54.7 Å². The van der Waals surface area contributed by atoms with E-state index in [2.05, 4.69) is 36.2 Å². The summed E-state index contributed by atoms with van der Waals surface area (Å²) in [5.41, 5.74) is 4.86. The van der Waals surface area contributed by atoms with Crippen LogP contribution in [0.25, 0.3) is 22.0 Å². The molecular formula is C17H12N2. The molecule has 2 aromatic carbocycles. The number of hydrogen-bond donors (Lipinski definition) is 0. The van der Waals surface area contributed by atoms with Crippen LogP contribution < -0.4 is 0 Å². The van der Waals surface area contributed by atoms with Gasteiger partial charge in [-0.15, -0.1) is 0 Å². The van der Waals surface area contributed by atoms with Crippen molar-refractivity contribution in [3.63, 3.8) is 0 Å². The second kappa shape index (κ2) is 4.55. The Labute approximate surface area is 112 Å². The van der Waals surface area contributed by atoms with E-state index >= 15 is 0 Å². The van der Waals surface area contributed by atoms with Gasteiger partial charge in [0.25, 0.3) is 0 Å². The van der Waals surface area contributed by atoms with Gasteiger partial charge in [-0.2, -0.15) is 5.26 Å². The van der Waals surface area contributed by atoms with Crippen LogP contribution in [-0.4, -0.2) is 4.98 Å². The summed E-state index contributed by atoms with van der Waals surface area (Å²) in [5.74, 6) is 0. The highest BCUT2D eigenvalue weighted by Gasteiger charge is 2.08. The molecule has 90 valence electrons. The highest BCUT2D eigenvalue weighted by molar-refractivity contribution is 5.95. The molecule has 0 atom stereocenters. The van der Waals surface area contributed by atoms with Gasteiger partial charge in [-0.05, 0) is 36.2 Å². The Bertz CT molecular complexity index is 798. The van der Waals surface area contributed by atoms with Gasteiger partial charge in [0.1, 0.15) is 0 Å². The minimum Gasteiger partial charge on any atom is -0.256 e. The van der Waals surface area contributed by atoms with E-state index in [4.69, 9.17) is 0 Å². The predicted molar refractivity (Wildman–Crippen MR) is 76.6 cm³/mol. The van der Waals surface area contributed by atoms with Crippen LogP contribution in [0, 0.1) is 18.3 Å². The van der Waals surface area contributed by atoms with Gasteiger partial charge in [0.15, 0.2) is 0 Å². The first-order chi connectivity index (χ1) is 9.29. The third-order valence-electron chi connectivity index (χ3n) is 3.24. The van der Waals surface area contributed by atoms with Crippen LogP contribution in [0.1, 0.15) is 11.1 Å². The van der Waals surface area contributed by atoms with Gasteiger partial charge in [0, 0.05) is 17.1 Å². The molecule has 2 nitrogen and oxygen atoms in total. The summed E-state index contributed by atoms with van der Waals surface area (Å²) in [7, 11) is 0. The molecule has 0 unspecified atom stereocenters. The van der Waals surface area contributed by atoms with E-state index in [-0.39, 0.29) is 0 Å². The molecule has 1 aromatic heterocycles. The first kappa shape index (κ1) is 11.4. The quantitative estimate of drug-likeness (QED) is 0.646. The fraction of sp³-hybridized carbons (Fsp3) is 0.0588. The molecule has 0 radical (unpaired) electrons. The van der Waals surface area contributed by atoms with Gasteiger partial charge < -0.3 is 0 Å². The second-order valence-corrected chi connectivity index (χ2v) is 4.54. The number of nitrogens with zero attached hydrogens (tertiary/aromatic N) is 2. The zero-order chi connectivity index (χ0) is 13.2. The van der Waals surface area contributed by atoms with Crippen molar-refractivity contribution in [2.75, 3.05) is 0 Å². The monoisotopic (exact) mass is 244 g/mol. The third kappa shape index (κ3) is 1.96. The van der Waals surface area contributed by atoms with E-state index in [9.17, 15) is 5.26 Å². The Morgan fingerprint density at radius 1 is 1.00 bits per heavy atom. The molecule has 3 rings (SSSR count). The molecule has 0 fully saturated rings. The summed E-state index contributed by atoms with van der Waals surface area (Å²) < 4.78 is 0. The smallest absolute Gasteiger partial charge is 0.0998 e. The number of benzene rings is 2. The average Bonchev–Trinajstić information content (AvgIpc) is 2.46. The first-order valence-electron chi connectivity index (χ1n) is 6.14. The van der Waals surface area contributed by atoms with Crippen molar-refractivity contribution in [1.29, 1.82) is 5.26 Å². The Balaban J connectivity index is 2.35. The summed E-state index contributed by atoms with van der Waals surface area (Å²) in [6, 6.07) is 18.1. The van der Waals surface area contributed by atoms with Crippen molar-refractivity contribution in [3.8, 4) is 17.2 Å². The van der Waals surface area contributed by atoms with Gasteiger partial charge in [-0.1, -0.05) is 30.3 Å². The van der Waals surface area contributed by atoms with Crippen molar-refractivity contribution < 1.29 is 0 Å². The van der Waals surface area contributed by atoms with Crippen molar-refractivity contribution in [2.45, 2.75) is 6.92 Å². The highest BCUT2D eigenvalue weighted by Crippen LogP contribution is 2.30. The molecule has 0 amide bonds. The van der Waals surface area contributed by atoms with E-state index in [0.717, 1.165) is 22.0 Å². The summed E-state index contributed by atoms with van der Waals surface area (Å²) in [6.07, 6.45) is 1.80. The van der Waals surface area contributed by atoms with E-state index in [1.54, 1.807) is 6.20 Å². The number of hydrogen-bond acceptors (Lipinski definition) is 2. The third-order valence-corrected chi connectivity index (χ3v) is 3.24. The van der Waals surface area contributed by atoms with E-state index in [1.807, 2.05) is 30.3 Å². The fourth-order valence-electron chi connectivity index (χ4n) is 2.31. The lowest BCUT2D eigenvalue weighted by molar-refractivity contribution is 1.38. The van der Waals surface area contributed by atoms with Crippen LogP contribution in [0.5, 0.6) is 0 Å². The SMILES string of the molecule is Cc1ccc2c(-c3ccccc3C#N)ccnc2c1. The van der Waals surface area contributed by atoms with Gasteiger partial charge in [0.05, 0.1) is 17.1 Å². The van der Waals surface area contributed by atoms with E-state index < -0.39 is 0 Å². The van der Waals surface area contributed by atoms with Crippen molar-refractivity contribution >= 4 is 10.9 Å². The normalized spacial score (nSPS) is 10.3. The fourth-order valence-corrected chi connectivity index (χ4v) is 2.31. The number of aryl methyl sites for hydroxylation is 1. The zero-order valence-electron chi connectivity index (χ0n) is 10.6. The topological polar surface area (TPSA) is 36.7 Å². The molecular weight excluding hydrogens is 232 g/mol. The lowest BCUT2D eigenvalue weighted by Crippen LogP contribution is -1.88. The average molecular weight is 244 g/mol. The first-order valence-corrected chi connectivity index (χ1v) is 6.14. The molecule has 0 saturated heterocycles. The summed E-state index contributed by atoms with van der Waals surface area (Å²) in [5, 5.41) is 10.3. The molecule has 2 heteroatoms. The molecule has 19 heavy (non-hydrogen) atoms. The van der Waals surface area contributed by atoms with Gasteiger partial charge in [-0.25, -0.2) is 0 Å². The maximum absolute atomic E-state index is 9.23. The highest BCUT2D eigenvalue weighted by atomic mass is 14.6. The lowest BCUT2D eigenvalue weighted by atomic mass is 9.97. The molecule has 0 saturated carbocycles. The molecule has 3 aromatic rings. The van der Waals surface area contributed by atoms with Crippen molar-refractivity contribution in [3.05, 3.63) is 65.9 Å². The van der Waals surface area contributed by atoms with Gasteiger partial charge in [-0.3, -0.25) is 4.98 Å². The van der Waals surface area contributed by atoms with Crippen LogP contribution in [0.2, 0.25) is 0 Å². The second-order valence-electron chi connectivity index (χ2n) is 4.54. The Morgan fingerprint density at radius 3 is 2.68 bits per heavy atom. The van der Waals surface area contributed by atoms with Crippen LogP contribution in [-0.2, 0) is 0 Å². The predicted octanol–water partition coefficient (Wildman–Crippen LogP) is 4.08. The molecule has 0 spiro atoms. The summed E-state index contributed by atoms with van der Waals surface area (Å²) >= 11 is 0. The number of nitriles is 1. The maximum Gasteiger partial charge on any atom is 0.0998 e. The van der Waals surface area contributed by atoms with Crippen LogP contribution in [0.3, 0.4) is 0 Å². The number of aromatic nitrogens is 1. The molecule has 0 bridgehead atoms. The van der Waals surface area contributed by atoms with Crippen LogP contribution in [0.4, 0.5) is 0 Å². The Morgan fingerprint density at radius 2 is 1.84 bits per heavy atom. The largest absolute Gasteiger partial charge is 0.256 e. The minimum atomic E-state index is 0.690. The van der Waals surface area contributed by atoms with Crippen LogP contribution >= 0.6 is 0 Å². The minimum absolute atomic E-state index is 0.690. The molecule has 1 heterocycles. The number of pyridine rings is 1. The van der Waals surface area contributed by atoms with E-state index in [1.165, 1.54) is 5.56 Å². The molecule has 0 aliphatic heterocycles. The summed E-state index contributed by atoms with van der Waals surface area (Å²) in [6.45, 7) is 2.05. The Hall–Kier alpha value is -2.66. The number of fused-ring (bicyclic) bond motifs is 1. The number of rotatable bonds is 1. The van der Waals surface area contributed by atoms with Gasteiger partial charge >= 0.3 is 0 Å². The van der Waals surface area contributed by atoms with Crippen molar-refractivity contribution in [1.82, 2.24) is 4.98 Å². The summed E-state index contributed by atoms with van der Waals surface area (Å²) in [4.78, 5) is 4.40. The van der Waals surface area contributed by atoms with Crippen molar-refractivity contribution in [2.24, 2.45) is 0 Å². The molecule has 0 N–H and O–H groups in total. The lowest BCUT2D eigenvalue weighted by Gasteiger charge is -2.08. The molecule has 0 aliphatic carbocycles. The van der Waals surface area contributed by atoms with E-state index in [0.29, 0.717) is 5.56 Å².